The fourth-order valence-corrected chi connectivity index (χ4v) is 1.49. The average molecular weight is 275 g/mol. The normalized spacial score (nSPS) is 12.3. The van der Waals surface area contributed by atoms with Gasteiger partial charge in [-0.15, -0.1) is 0 Å². The van der Waals surface area contributed by atoms with Crippen molar-refractivity contribution in [3.8, 4) is 0 Å². The maximum Gasteiger partial charge on any atom is 0.241 e. The molecule has 1 atom stereocenters. The first-order valence-corrected chi connectivity index (χ1v) is 5.23. The zero-order valence-corrected chi connectivity index (χ0v) is 10.1. The Balaban J connectivity index is 2.96. The fourth-order valence-electron chi connectivity index (χ4n) is 1.03. The molecule has 3 N–H and O–H groups in total. The molecule has 0 aromatic heterocycles. The molecule has 1 amide bonds. The highest BCUT2D eigenvalue weighted by Crippen LogP contribution is 2.23. The van der Waals surface area contributed by atoms with Crippen molar-refractivity contribution in [2.24, 2.45) is 5.73 Å². The molecule has 0 saturated heterocycles. The molecule has 0 spiro atoms. The highest BCUT2D eigenvalue weighted by molar-refractivity contribution is 9.10. The van der Waals surface area contributed by atoms with Gasteiger partial charge in [-0.2, -0.15) is 0 Å². The molecule has 0 bridgehead atoms. The van der Waals surface area contributed by atoms with E-state index in [0.29, 0.717) is 10.2 Å². The van der Waals surface area contributed by atoms with E-state index in [1.165, 1.54) is 6.07 Å². The third-order valence-corrected chi connectivity index (χ3v) is 2.55. The Bertz CT molecular complexity index is 393. The van der Waals surface area contributed by atoms with Gasteiger partial charge in [-0.3, -0.25) is 4.79 Å². The molecule has 1 unspecified atom stereocenters. The van der Waals surface area contributed by atoms with E-state index in [1.54, 1.807) is 19.9 Å². The Morgan fingerprint density at radius 3 is 2.73 bits per heavy atom. The molecule has 82 valence electrons. The number of rotatable bonds is 2. The van der Waals surface area contributed by atoms with Crippen LogP contribution in [0.4, 0.5) is 10.1 Å². The van der Waals surface area contributed by atoms with E-state index in [2.05, 4.69) is 21.2 Å². The highest BCUT2D eigenvalue weighted by atomic mass is 79.9. The van der Waals surface area contributed by atoms with Gasteiger partial charge in [0.1, 0.15) is 5.82 Å². The lowest BCUT2D eigenvalue weighted by molar-refractivity contribution is -0.117. The van der Waals surface area contributed by atoms with E-state index in [-0.39, 0.29) is 5.91 Å². The Labute approximate surface area is 96.0 Å². The third-order valence-electron chi connectivity index (χ3n) is 1.94. The summed E-state index contributed by atoms with van der Waals surface area (Å²) in [6, 6.07) is 2.25. The molecule has 0 fully saturated rings. The Hall–Kier alpha value is -0.940. The van der Waals surface area contributed by atoms with Crippen LogP contribution in [0.25, 0.3) is 0 Å². The van der Waals surface area contributed by atoms with E-state index >= 15 is 0 Å². The van der Waals surface area contributed by atoms with Crippen molar-refractivity contribution < 1.29 is 9.18 Å². The first-order chi connectivity index (χ1) is 6.91. The number of carbonyl (C=O) groups excluding carboxylic acids is 1. The summed E-state index contributed by atoms with van der Waals surface area (Å²) in [4.78, 5) is 11.3. The minimum Gasteiger partial charge on any atom is -0.324 e. The van der Waals surface area contributed by atoms with Crippen LogP contribution in [0.1, 0.15) is 12.5 Å². The third kappa shape index (κ3) is 3.00. The van der Waals surface area contributed by atoms with Crippen molar-refractivity contribution in [2.45, 2.75) is 19.9 Å². The van der Waals surface area contributed by atoms with Crippen LogP contribution in [0.3, 0.4) is 0 Å². The number of anilines is 1. The van der Waals surface area contributed by atoms with Crippen molar-refractivity contribution in [1.29, 1.82) is 0 Å². The smallest absolute Gasteiger partial charge is 0.241 e. The van der Waals surface area contributed by atoms with Gasteiger partial charge in [0.05, 0.1) is 10.5 Å². The van der Waals surface area contributed by atoms with Gasteiger partial charge in [0, 0.05) is 5.69 Å². The number of carbonyl (C=O) groups is 1. The highest BCUT2D eigenvalue weighted by Gasteiger charge is 2.11. The molecule has 5 heteroatoms. The van der Waals surface area contributed by atoms with Crippen molar-refractivity contribution in [3.63, 3.8) is 0 Å². The lowest BCUT2D eigenvalue weighted by Gasteiger charge is -2.11. The van der Waals surface area contributed by atoms with Gasteiger partial charge in [-0.25, -0.2) is 4.39 Å². The topological polar surface area (TPSA) is 55.1 Å². The predicted molar refractivity (Wildman–Crippen MR) is 61.1 cm³/mol. The molecular formula is C10H12BrFN2O. The fraction of sp³-hybridized carbons (Fsp3) is 0.300. The van der Waals surface area contributed by atoms with Gasteiger partial charge in [0.15, 0.2) is 0 Å². The van der Waals surface area contributed by atoms with Gasteiger partial charge in [-0.1, -0.05) is 0 Å². The minimum absolute atomic E-state index is 0.333. The summed E-state index contributed by atoms with van der Waals surface area (Å²) in [7, 11) is 0. The van der Waals surface area contributed by atoms with E-state index in [9.17, 15) is 9.18 Å². The van der Waals surface area contributed by atoms with Gasteiger partial charge < -0.3 is 11.1 Å². The lowest BCUT2D eigenvalue weighted by atomic mass is 10.2. The quantitative estimate of drug-likeness (QED) is 0.869. The molecule has 0 aliphatic carbocycles. The number of benzene rings is 1. The standard InChI is InChI=1S/C10H12BrFN2O/c1-5-3-7(11)8(12)4-9(5)14-10(15)6(2)13/h3-4,6H,13H2,1-2H3,(H,14,15). The summed E-state index contributed by atoms with van der Waals surface area (Å²) >= 11 is 3.06. The van der Waals surface area contributed by atoms with Crippen LogP contribution in [0.15, 0.2) is 16.6 Å². The van der Waals surface area contributed by atoms with Crippen molar-refractivity contribution in [3.05, 3.63) is 28.0 Å². The summed E-state index contributed by atoms with van der Waals surface area (Å²) in [5.74, 6) is -0.750. The van der Waals surface area contributed by atoms with Crippen LogP contribution < -0.4 is 11.1 Å². The van der Waals surface area contributed by atoms with Crippen molar-refractivity contribution in [1.82, 2.24) is 0 Å². The van der Waals surface area contributed by atoms with Gasteiger partial charge in [-0.05, 0) is 47.5 Å². The van der Waals surface area contributed by atoms with Crippen LogP contribution in [-0.2, 0) is 4.79 Å². The van der Waals surface area contributed by atoms with Crippen LogP contribution in [0.2, 0.25) is 0 Å². The number of nitrogens with one attached hydrogen (secondary N) is 1. The second kappa shape index (κ2) is 4.72. The number of aryl methyl sites for hydroxylation is 1. The second-order valence-corrected chi connectivity index (χ2v) is 4.21. The maximum absolute atomic E-state index is 13.2. The molecule has 0 heterocycles. The van der Waals surface area contributed by atoms with Crippen LogP contribution in [0, 0.1) is 12.7 Å². The number of amides is 1. The van der Waals surface area contributed by atoms with Gasteiger partial charge in [0.2, 0.25) is 5.91 Å². The first kappa shape index (κ1) is 12.1. The Morgan fingerprint density at radius 1 is 1.60 bits per heavy atom. The number of halogens is 2. The molecule has 1 aromatic carbocycles. The number of hydrogen-bond acceptors (Lipinski definition) is 2. The molecular weight excluding hydrogens is 263 g/mol. The van der Waals surface area contributed by atoms with E-state index in [4.69, 9.17) is 5.73 Å². The Kier molecular flexibility index (Phi) is 3.82. The largest absolute Gasteiger partial charge is 0.324 e. The zero-order chi connectivity index (χ0) is 11.6. The molecule has 0 saturated carbocycles. The van der Waals surface area contributed by atoms with Gasteiger partial charge >= 0.3 is 0 Å². The predicted octanol–water partition coefficient (Wildman–Crippen LogP) is 2.18. The molecule has 0 aliphatic heterocycles. The molecule has 0 aliphatic rings. The van der Waals surface area contributed by atoms with E-state index in [1.807, 2.05) is 0 Å². The Morgan fingerprint density at radius 2 is 2.20 bits per heavy atom. The first-order valence-electron chi connectivity index (χ1n) is 4.44. The summed E-state index contributed by atoms with van der Waals surface area (Å²) in [5.41, 5.74) is 6.60. The lowest BCUT2D eigenvalue weighted by Crippen LogP contribution is -2.32. The van der Waals surface area contributed by atoms with Crippen molar-refractivity contribution >= 4 is 27.5 Å². The summed E-state index contributed by atoms with van der Waals surface area (Å²) < 4.78 is 13.6. The molecule has 1 aromatic rings. The maximum atomic E-state index is 13.2. The van der Waals surface area contributed by atoms with E-state index < -0.39 is 11.9 Å². The van der Waals surface area contributed by atoms with E-state index in [0.717, 1.165) is 5.56 Å². The molecule has 1 rings (SSSR count). The summed E-state index contributed by atoms with van der Waals surface area (Å²) in [6.45, 7) is 3.35. The minimum atomic E-state index is -0.615. The van der Waals surface area contributed by atoms with Crippen LogP contribution >= 0.6 is 15.9 Å². The van der Waals surface area contributed by atoms with Gasteiger partial charge in [0.25, 0.3) is 0 Å². The molecule has 0 radical (unpaired) electrons. The average Bonchev–Trinajstić information content (AvgIpc) is 2.13. The van der Waals surface area contributed by atoms with Crippen LogP contribution in [0.5, 0.6) is 0 Å². The second-order valence-electron chi connectivity index (χ2n) is 3.36. The summed E-state index contributed by atoms with van der Waals surface area (Å²) in [5, 5.41) is 2.55. The SMILES string of the molecule is Cc1cc(Br)c(F)cc1NC(=O)C(C)N. The monoisotopic (exact) mass is 274 g/mol. The molecule has 15 heavy (non-hydrogen) atoms. The zero-order valence-electron chi connectivity index (χ0n) is 8.47. The van der Waals surface area contributed by atoms with Crippen molar-refractivity contribution in [2.75, 3.05) is 5.32 Å². The molecule has 3 nitrogen and oxygen atoms in total. The number of hydrogen-bond donors (Lipinski definition) is 2. The van der Waals surface area contributed by atoms with Crippen LogP contribution in [-0.4, -0.2) is 11.9 Å². The summed E-state index contributed by atoms with van der Waals surface area (Å²) in [6.07, 6.45) is 0. The number of nitrogens with two attached hydrogens (primary N) is 1.